The van der Waals surface area contributed by atoms with E-state index in [1.807, 2.05) is 0 Å². The van der Waals surface area contributed by atoms with Crippen LogP contribution in [0.1, 0.15) is 89.2 Å². The van der Waals surface area contributed by atoms with Crippen molar-refractivity contribution in [3.63, 3.8) is 0 Å². The smallest absolute Gasteiger partial charge is 0.303 e. The summed E-state index contributed by atoms with van der Waals surface area (Å²) in [5.41, 5.74) is -0.0722. The van der Waals surface area contributed by atoms with E-state index >= 15 is 0 Å². The molecule has 2 atom stereocenters. The zero-order valence-electron chi connectivity index (χ0n) is 35.9. The third kappa shape index (κ3) is 10.0. The second-order valence-corrected chi connectivity index (χ2v) is 20.4. The van der Waals surface area contributed by atoms with Gasteiger partial charge in [0.1, 0.15) is 20.2 Å². The number of benzene rings is 4. The van der Waals surface area contributed by atoms with Gasteiger partial charge in [0.25, 0.3) is 0 Å². The number of carbonyl (C=O) groups is 3. The molecule has 4 aromatic carbocycles. The highest BCUT2D eigenvalue weighted by Gasteiger charge is 2.47. The van der Waals surface area contributed by atoms with Gasteiger partial charge in [0, 0.05) is 74.8 Å². The quantitative estimate of drug-likeness (QED) is 0.0166. The fourth-order valence-corrected chi connectivity index (χ4v) is 11.0. The Kier molecular flexibility index (Phi) is 14.8. The molecule has 4 N–H and O–H groups in total. The maximum atomic E-state index is 14.2. The lowest BCUT2D eigenvalue weighted by molar-refractivity contribution is -0.777. The number of fused-ring (bicyclic) bond motifs is 6. The number of hydrogen-bond acceptors (Lipinski definition) is 19. The highest BCUT2D eigenvalue weighted by molar-refractivity contribution is 7.94. The number of aliphatic carboxylic acids is 2. The second-order valence-electron chi connectivity index (χ2n) is 16.8. The first-order valence-electron chi connectivity index (χ1n) is 20.8. The lowest BCUT2D eigenvalue weighted by Crippen LogP contribution is -2.65. The highest BCUT2D eigenvalue weighted by Crippen LogP contribution is 2.52. The average Bonchev–Trinajstić information content (AvgIpc) is 3.73. The molecule has 2 unspecified atom stereocenters. The molecule has 0 aromatic heterocycles. The number of rotatable bonds is 22. The van der Waals surface area contributed by atoms with Gasteiger partial charge in [-0.15, -0.1) is 0 Å². The maximum absolute atomic E-state index is 14.2. The predicted octanol–water partition coefficient (Wildman–Crippen LogP) is 3.62. The summed E-state index contributed by atoms with van der Waals surface area (Å²) in [5.74, 6) is -3.46. The topological polar surface area (TPSA) is 324 Å². The van der Waals surface area contributed by atoms with Crippen molar-refractivity contribution in [3.8, 4) is 5.75 Å². The van der Waals surface area contributed by atoms with Crippen molar-refractivity contribution in [3.05, 3.63) is 94.4 Å². The Morgan fingerprint density at radius 3 is 2.00 bits per heavy atom. The number of unbranched alkanes of at least 4 members (excludes halogenated alkanes) is 4. The molecule has 1 aliphatic carbocycles. The number of carboxylic acids is 2. The van der Waals surface area contributed by atoms with Crippen molar-refractivity contribution in [2.24, 2.45) is 0 Å². The highest BCUT2D eigenvalue weighted by atomic mass is 32.2. The summed E-state index contributed by atoms with van der Waals surface area (Å²) in [6.45, 7) is 3.58. The van der Waals surface area contributed by atoms with Gasteiger partial charge in [0.2, 0.25) is 5.69 Å². The van der Waals surface area contributed by atoms with Crippen molar-refractivity contribution < 1.29 is 89.5 Å². The zero-order chi connectivity index (χ0) is 49.3. The third-order valence-electron chi connectivity index (χ3n) is 12.5. The van der Waals surface area contributed by atoms with Gasteiger partial charge in [-0.1, -0.05) is 31.4 Å². The first-order valence-corrected chi connectivity index (χ1v) is 24.7. The molecule has 3 aliphatic rings. The SMILES string of the molecule is CC1(CCCCCC(=O)O)C(=CC2=C([O-])C(=CC3=[NH+]c4ccc5c(SOO[O-])cc(S(=O)(=O)[O-])cc5c4C3(C)CCCCCC(=O)O)C2=O)Nc2ccc3c(OOO[S-])cc(S(=O)(=O)[O-])cc3c21. The van der Waals surface area contributed by atoms with Crippen LogP contribution in [-0.4, -0.2) is 59.6 Å². The molecule has 68 heavy (non-hydrogen) atoms. The number of anilines is 1. The molecule has 0 radical (unpaired) electrons. The Hall–Kier alpha value is -5.38. The Morgan fingerprint density at radius 1 is 0.809 bits per heavy atom. The zero-order valence-corrected chi connectivity index (χ0v) is 39.2. The normalized spacial score (nSPS) is 20.2. The van der Waals surface area contributed by atoms with Crippen molar-refractivity contribution in [2.75, 3.05) is 5.32 Å². The van der Waals surface area contributed by atoms with Crippen molar-refractivity contribution >= 4 is 102 Å². The van der Waals surface area contributed by atoms with Gasteiger partial charge < -0.3 is 57.1 Å². The van der Waals surface area contributed by atoms with Crippen LogP contribution in [0.5, 0.6) is 5.75 Å². The van der Waals surface area contributed by atoms with Crippen molar-refractivity contribution in [1.82, 2.24) is 0 Å². The minimum absolute atomic E-state index is 0.0615. The second kappa shape index (κ2) is 19.9. The van der Waals surface area contributed by atoms with Gasteiger partial charge in [-0.2, -0.15) is 4.33 Å². The summed E-state index contributed by atoms with van der Waals surface area (Å²) in [6.07, 6.45) is 5.71. The van der Waals surface area contributed by atoms with E-state index in [-0.39, 0.29) is 57.2 Å². The van der Waals surface area contributed by atoms with Crippen molar-refractivity contribution in [2.45, 2.75) is 104 Å². The van der Waals surface area contributed by atoms with Gasteiger partial charge in [-0.25, -0.2) is 21.8 Å². The maximum Gasteiger partial charge on any atom is 0.303 e. The molecule has 24 heteroatoms. The molecular weight excluding hydrogens is 973 g/mol. The van der Waals surface area contributed by atoms with Gasteiger partial charge in [-0.05, 0) is 109 Å². The Balaban J connectivity index is 1.32. The number of carbonyl (C=O) groups excluding carboxylic acids is 1. The van der Waals surface area contributed by atoms with E-state index in [0.717, 1.165) is 12.1 Å². The van der Waals surface area contributed by atoms with E-state index in [1.165, 1.54) is 24.3 Å². The van der Waals surface area contributed by atoms with Crippen LogP contribution in [0.3, 0.4) is 0 Å². The standard InChI is InChI=1S/C44H44N2O18S4/c1-43(15-7-3-5-9-37(47)48)35(45-31-13-11-25-27(39(31)43)17-23(67(54,55)56)19-33(25)60-62-63-65)21-29-41(51)30(42(29)52)22-36-44(2,16-8-4-6-10-38(49)50)40-28-18-24(68(57,58)59)20-34(66-64-61-53)26(28)12-14-32(40)46-36/h11-14,17-22,45,51,53,65H,3-10,15-16H2,1-2H3,(H,47,48)(H,49,50)(H,54,55,56)(H,57,58,59)/p-4. The summed E-state index contributed by atoms with van der Waals surface area (Å²) in [7, 11) is -10.1. The number of allylic oxidation sites excluding steroid dienone is 5. The van der Waals surface area contributed by atoms with Gasteiger partial charge in [0.15, 0.2) is 17.2 Å². The molecule has 0 fully saturated rings. The summed E-state index contributed by atoms with van der Waals surface area (Å²) < 4.78 is 82.9. The minimum atomic E-state index is -5.08. The van der Waals surface area contributed by atoms with Crippen LogP contribution in [0.2, 0.25) is 0 Å². The summed E-state index contributed by atoms with van der Waals surface area (Å²) in [5, 5.41) is 55.8. The molecule has 7 rings (SSSR count). The number of hydrogen-bond donors (Lipinski definition) is 4. The Bertz CT molecular complexity index is 3110. The van der Waals surface area contributed by atoms with Crippen molar-refractivity contribution in [1.29, 1.82) is 0 Å². The number of carboxylic acid groups (broad SMARTS) is 2. The van der Waals surface area contributed by atoms with Crippen LogP contribution in [-0.2, 0) is 77.1 Å². The average molecular weight is 1010 g/mol. The third-order valence-corrected chi connectivity index (χ3v) is 14.9. The van der Waals surface area contributed by atoms with Gasteiger partial charge in [0.05, 0.1) is 27.2 Å². The molecule has 2 aliphatic heterocycles. The van der Waals surface area contributed by atoms with Crippen LogP contribution in [0, 0.1) is 0 Å². The first-order chi connectivity index (χ1) is 32.1. The van der Waals surface area contributed by atoms with Crippen LogP contribution in [0.25, 0.3) is 21.5 Å². The molecule has 0 saturated heterocycles. The molecule has 20 nitrogen and oxygen atoms in total. The predicted molar refractivity (Wildman–Crippen MR) is 236 cm³/mol. The number of ketones is 1. The molecule has 2 heterocycles. The summed E-state index contributed by atoms with van der Waals surface area (Å²) in [4.78, 5) is 43.9. The molecule has 0 saturated carbocycles. The molecular formula is C44H40N2O18S4-4. The Labute approximate surface area is 398 Å². The van der Waals surface area contributed by atoms with Crippen LogP contribution in [0.15, 0.2) is 98.0 Å². The fraction of sp³-hybridized carbons (Fsp3) is 0.318. The van der Waals surface area contributed by atoms with Gasteiger partial charge >= 0.3 is 11.9 Å². The first kappa shape index (κ1) is 50.5. The molecule has 0 amide bonds. The monoisotopic (exact) mass is 1010 g/mol. The fourth-order valence-electron chi connectivity index (χ4n) is 9.27. The molecule has 362 valence electrons. The van der Waals surface area contributed by atoms with E-state index in [2.05, 4.69) is 42.0 Å². The largest absolute Gasteiger partial charge is 0.871 e. The number of nitrogens with one attached hydrogen (secondary N) is 2. The molecule has 0 bridgehead atoms. The van der Waals surface area contributed by atoms with E-state index in [9.17, 15) is 60.9 Å². The van der Waals surface area contributed by atoms with Crippen LogP contribution < -0.4 is 25.6 Å². The Morgan fingerprint density at radius 2 is 1.41 bits per heavy atom. The molecule has 0 spiro atoms. The minimum Gasteiger partial charge on any atom is -0.871 e. The van der Waals surface area contributed by atoms with Crippen LogP contribution in [0.4, 0.5) is 11.4 Å². The lowest BCUT2D eigenvalue weighted by Gasteiger charge is -2.32. The number of Topliss-reactive ketones (excluding diaryl/α,β-unsaturated/α-hetero) is 1. The summed E-state index contributed by atoms with van der Waals surface area (Å²) >= 11 is 4.71. The molecule has 4 aromatic rings. The van der Waals surface area contributed by atoms with E-state index in [1.54, 1.807) is 38.1 Å². The van der Waals surface area contributed by atoms with E-state index < -0.39 is 64.3 Å². The van der Waals surface area contributed by atoms with Crippen LogP contribution >= 0.6 is 12.0 Å². The van der Waals surface area contributed by atoms with E-state index in [4.69, 9.17) is 4.89 Å². The lowest BCUT2D eigenvalue weighted by atomic mass is 9.72. The van der Waals surface area contributed by atoms with Gasteiger partial charge in [-0.3, -0.25) is 19.4 Å². The summed E-state index contributed by atoms with van der Waals surface area (Å²) in [6, 6.07) is 10.8. The van der Waals surface area contributed by atoms with E-state index in [0.29, 0.717) is 96.3 Å².